The van der Waals surface area contributed by atoms with Crippen LogP contribution in [0, 0.1) is 0 Å². The summed E-state index contributed by atoms with van der Waals surface area (Å²) in [6, 6.07) is 3.59. The number of carbonyl (C=O) groups is 1. The molecule has 0 fully saturated rings. The van der Waals surface area contributed by atoms with Gasteiger partial charge in [0.15, 0.2) is 0 Å². The topological polar surface area (TPSA) is 51.2 Å². The van der Waals surface area contributed by atoms with Crippen LogP contribution < -0.4 is 5.32 Å². The van der Waals surface area contributed by atoms with E-state index in [1.807, 2.05) is 32.9 Å². The summed E-state index contributed by atoms with van der Waals surface area (Å²) in [5.41, 5.74) is 0.483. The van der Waals surface area contributed by atoms with Crippen molar-refractivity contribution in [3.05, 3.63) is 42.7 Å². The van der Waals surface area contributed by atoms with Gasteiger partial charge in [0.25, 0.3) is 0 Å². The Labute approximate surface area is 108 Å². The molecule has 0 radical (unpaired) electrons. The fourth-order valence-electron chi connectivity index (χ4n) is 1.49. The highest BCUT2D eigenvalue weighted by Crippen LogP contribution is 2.17. The summed E-state index contributed by atoms with van der Waals surface area (Å²) in [6.07, 6.45) is 5.38. The minimum absolute atomic E-state index is 0.139. The lowest BCUT2D eigenvalue weighted by Gasteiger charge is -2.23. The second kappa shape index (κ2) is 6.19. The zero-order chi connectivity index (χ0) is 13.6. The number of hydrogen-bond donors (Lipinski definition) is 1. The second-order valence-corrected chi connectivity index (χ2v) is 5.00. The molecule has 18 heavy (non-hydrogen) atoms. The van der Waals surface area contributed by atoms with Gasteiger partial charge in [-0.2, -0.15) is 0 Å². The lowest BCUT2D eigenvalue weighted by molar-refractivity contribution is 0.0504. The van der Waals surface area contributed by atoms with Gasteiger partial charge in [0.2, 0.25) is 0 Å². The molecular formula is C14H20N2O2. The first-order valence-electron chi connectivity index (χ1n) is 5.92. The Kier molecular flexibility index (Phi) is 4.89. The van der Waals surface area contributed by atoms with Crippen LogP contribution >= 0.6 is 0 Å². The lowest BCUT2D eigenvalue weighted by atomic mass is 10.1. The molecule has 0 saturated carbocycles. The molecule has 98 valence electrons. The quantitative estimate of drug-likeness (QED) is 0.832. The monoisotopic (exact) mass is 248 g/mol. The molecule has 1 N–H and O–H groups in total. The van der Waals surface area contributed by atoms with Crippen LogP contribution in [0.15, 0.2) is 37.2 Å². The Balaban J connectivity index is 2.70. The average molecular weight is 248 g/mol. The van der Waals surface area contributed by atoms with Crippen LogP contribution in [-0.4, -0.2) is 16.7 Å². The van der Waals surface area contributed by atoms with Crippen molar-refractivity contribution in [1.82, 2.24) is 10.3 Å². The average Bonchev–Trinajstić information content (AvgIpc) is 2.27. The van der Waals surface area contributed by atoms with E-state index in [1.165, 1.54) is 0 Å². The van der Waals surface area contributed by atoms with Crippen LogP contribution in [0.3, 0.4) is 0 Å². The van der Waals surface area contributed by atoms with Gasteiger partial charge in [-0.05, 0) is 44.9 Å². The van der Waals surface area contributed by atoms with Gasteiger partial charge >= 0.3 is 6.09 Å². The van der Waals surface area contributed by atoms with E-state index < -0.39 is 11.7 Å². The van der Waals surface area contributed by atoms with Gasteiger partial charge in [0, 0.05) is 12.4 Å². The third-order valence-corrected chi connectivity index (χ3v) is 2.20. The van der Waals surface area contributed by atoms with Crippen molar-refractivity contribution in [3.8, 4) is 0 Å². The van der Waals surface area contributed by atoms with Crippen LogP contribution in [0.25, 0.3) is 0 Å². The first kappa shape index (κ1) is 14.2. The van der Waals surface area contributed by atoms with Crippen molar-refractivity contribution in [1.29, 1.82) is 0 Å². The predicted molar refractivity (Wildman–Crippen MR) is 71.2 cm³/mol. The summed E-state index contributed by atoms with van der Waals surface area (Å²) < 4.78 is 5.24. The molecular weight excluding hydrogens is 228 g/mol. The third-order valence-electron chi connectivity index (χ3n) is 2.20. The normalized spacial score (nSPS) is 12.6. The molecule has 4 nitrogen and oxygen atoms in total. The fraction of sp³-hybridized carbons (Fsp3) is 0.429. The largest absolute Gasteiger partial charge is 0.444 e. The molecule has 0 saturated heterocycles. The number of nitrogens with zero attached hydrogens (tertiary/aromatic N) is 1. The number of alkyl carbamates (subject to hydrolysis) is 1. The molecule has 0 aliphatic heterocycles. The number of rotatable bonds is 4. The molecule has 0 spiro atoms. The summed E-state index contributed by atoms with van der Waals surface area (Å²) in [5, 5.41) is 2.83. The van der Waals surface area contributed by atoms with Crippen LogP contribution in [0.4, 0.5) is 4.79 Å². The highest BCUT2D eigenvalue weighted by Gasteiger charge is 2.19. The molecule has 1 aromatic rings. The van der Waals surface area contributed by atoms with Crippen molar-refractivity contribution in [3.63, 3.8) is 0 Å². The van der Waals surface area contributed by atoms with E-state index in [4.69, 9.17) is 4.74 Å². The van der Waals surface area contributed by atoms with Crippen molar-refractivity contribution >= 4 is 6.09 Å². The van der Waals surface area contributed by atoms with Crippen LogP contribution in [0.1, 0.15) is 38.8 Å². The van der Waals surface area contributed by atoms with Gasteiger partial charge in [0.05, 0.1) is 6.04 Å². The highest BCUT2D eigenvalue weighted by atomic mass is 16.6. The summed E-state index contributed by atoms with van der Waals surface area (Å²) in [6.45, 7) is 9.20. The zero-order valence-electron chi connectivity index (χ0n) is 11.1. The third kappa shape index (κ3) is 4.99. The molecule has 1 rings (SSSR count). The molecule has 1 amide bonds. The van der Waals surface area contributed by atoms with E-state index in [2.05, 4.69) is 16.9 Å². The molecule has 0 bridgehead atoms. The number of nitrogens with one attached hydrogen (secondary N) is 1. The molecule has 0 aliphatic carbocycles. The maximum Gasteiger partial charge on any atom is 0.408 e. The van der Waals surface area contributed by atoms with E-state index in [-0.39, 0.29) is 6.04 Å². The Morgan fingerprint density at radius 1 is 1.50 bits per heavy atom. The van der Waals surface area contributed by atoms with Gasteiger partial charge in [-0.25, -0.2) is 4.79 Å². The molecule has 1 atom stereocenters. The Morgan fingerprint density at radius 2 is 2.11 bits per heavy atom. The van der Waals surface area contributed by atoms with E-state index in [1.54, 1.807) is 18.5 Å². The number of amides is 1. The van der Waals surface area contributed by atoms with Gasteiger partial charge in [-0.3, -0.25) is 4.98 Å². The first-order valence-corrected chi connectivity index (χ1v) is 5.92. The summed E-state index contributed by atoms with van der Waals surface area (Å²) in [5.74, 6) is 0. The lowest BCUT2D eigenvalue weighted by Crippen LogP contribution is -2.34. The maximum atomic E-state index is 11.7. The molecule has 1 unspecified atom stereocenters. The van der Waals surface area contributed by atoms with E-state index in [0.29, 0.717) is 6.42 Å². The minimum atomic E-state index is -0.499. The summed E-state index contributed by atoms with van der Waals surface area (Å²) in [4.78, 5) is 15.7. The highest BCUT2D eigenvalue weighted by molar-refractivity contribution is 5.68. The van der Waals surface area contributed by atoms with Gasteiger partial charge in [-0.15, -0.1) is 6.58 Å². The van der Waals surface area contributed by atoms with Crippen molar-refractivity contribution < 1.29 is 9.53 Å². The predicted octanol–water partition coefficient (Wildman–Crippen LogP) is 3.22. The SMILES string of the molecule is C=CCC(NC(=O)OC(C)(C)C)c1ccncc1. The van der Waals surface area contributed by atoms with Gasteiger partial charge < -0.3 is 10.1 Å². The van der Waals surface area contributed by atoms with E-state index in [9.17, 15) is 4.79 Å². The Hall–Kier alpha value is -1.84. The standard InChI is InChI=1S/C14H20N2O2/c1-5-6-12(11-7-9-15-10-8-11)16-13(17)18-14(2,3)4/h5,7-10,12H,1,6H2,2-4H3,(H,16,17). The van der Waals surface area contributed by atoms with Crippen LogP contribution in [0.5, 0.6) is 0 Å². The number of carbonyl (C=O) groups excluding carboxylic acids is 1. The number of pyridine rings is 1. The van der Waals surface area contributed by atoms with E-state index >= 15 is 0 Å². The summed E-state index contributed by atoms with van der Waals surface area (Å²) >= 11 is 0. The minimum Gasteiger partial charge on any atom is -0.444 e. The number of ether oxygens (including phenoxy) is 1. The summed E-state index contributed by atoms with van der Waals surface area (Å²) in [7, 11) is 0. The number of hydrogen-bond acceptors (Lipinski definition) is 3. The second-order valence-electron chi connectivity index (χ2n) is 5.00. The molecule has 0 aliphatic rings. The zero-order valence-corrected chi connectivity index (χ0v) is 11.1. The Bertz CT molecular complexity index is 396. The number of aromatic nitrogens is 1. The molecule has 0 aromatic carbocycles. The smallest absolute Gasteiger partial charge is 0.408 e. The van der Waals surface area contributed by atoms with Crippen molar-refractivity contribution in [2.24, 2.45) is 0 Å². The fourth-order valence-corrected chi connectivity index (χ4v) is 1.49. The molecule has 4 heteroatoms. The Morgan fingerprint density at radius 3 is 2.61 bits per heavy atom. The van der Waals surface area contributed by atoms with Gasteiger partial charge in [-0.1, -0.05) is 6.08 Å². The van der Waals surface area contributed by atoms with Crippen LogP contribution in [-0.2, 0) is 4.74 Å². The molecule has 1 aromatic heterocycles. The van der Waals surface area contributed by atoms with E-state index in [0.717, 1.165) is 5.56 Å². The maximum absolute atomic E-state index is 11.7. The first-order chi connectivity index (χ1) is 8.42. The van der Waals surface area contributed by atoms with Crippen LogP contribution in [0.2, 0.25) is 0 Å². The molecule has 1 heterocycles. The van der Waals surface area contributed by atoms with Crippen molar-refractivity contribution in [2.75, 3.05) is 0 Å². The van der Waals surface area contributed by atoms with Gasteiger partial charge in [0.1, 0.15) is 5.60 Å². The van der Waals surface area contributed by atoms with Crippen molar-refractivity contribution in [2.45, 2.75) is 38.8 Å².